The molecule has 1 aliphatic heterocycles. The molecule has 1 aliphatic rings. The number of fused-ring (bicyclic) bond motifs is 1. The molecule has 0 unspecified atom stereocenters. The number of rotatable bonds is 3. The molecule has 1 aromatic carbocycles. The third kappa shape index (κ3) is 3.68. The summed E-state index contributed by atoms with van der Waals surface area (Å²) in [7, 11) is 0. The van der Waals surface area contributed by atoms with E-state index in [1.165, 1.54) is 4.57 Å². The Labute approximate surface area is 138 Å². The van der Waals surface area contributed by atoms with Crippen LogP contribution in [0.3, 0.4) is 0 Å². The van der Waals surface area contributed by atoms with Crippen molar-refractivity contribution in [2.45, 2.75) is 38.5 Å². The van der Waals surface area contributed by atoms with Crippen molar-refractivity contribution in [2.75, 3.05) is 18.5 Å². The lowest BCUT2D eigenvalue weighted by molar-refractivity contribution is -0.140. The van der Waals surface area contributed by atoms with Crippen molar-refractivity contribution in [1.29, 1.82) is 0 Å². The molecule has 1 saturated heterocycles. The van der Waals surface area contributed by atoms with Gasteiger partial charge in [-0.1, -0.05) is 12.0 Å². The maximum Gasteiger partial charge on any atom is 0.406 e. The molecular weight excluding hydrogens is 317 g/mol. The Balaban J connectivity index is 2.02. The van der Waals surface area contributed by atoms with Crippen molar-refractivity contribution in [2.24, 2.45) is 0 Å². The molecule has 2 heterocycles. The van der Waals surface area contributed by atoms with Crippen LogP contribution in [0.2, 0.25) is 0 Å². The molecule has 3 rings (SSSR count). The lowest BCUT2D eigenvalue weighted by atomic mass is 10.1. The number of alkyl halides is 3. The molecule has 0 aliphatic carbocycles. The fourth-order valence-electron chi connectivity index (χ4n) is 3.05. The van der Waals surface area contributed by atoms with Gasteiger partial charge in [-0.3, -0.25) is 0 Å². The Bertz CT molecular complexity index is 777. The van der Waals surface area contributed by atoms with E-state index in [9.17, 15) is 13.2 Å². The minimum atomic E-state index is -4.29. The molecule has 1 N–H and O–H groups in total. The third-order valence-electron chi connectivity index (χ3n) is 4.12. The first-order chi connectivity index (χ1) is 11.5. The Morgan fingerprint density at radius 1 is 1.29 bits per heavy atom. The van der Waals surface area contributed by atoms with Crippen LogP contribution in [0.15, 0.2) is 24.3 Å². The van der Waals surface area contributed by atoms with Gasteiger partial charge in [0.1, 0.15) is 6.54 Å². The van der Waals surface area contributed by atoms with Gasteiger partial charge in [-0.05, 0) is 43.9 Å². The van der Waals surface area contributed by atoms with Crippen LogP contribution in [0, 0.1) is 11.8 Å². The van der Waals surface area contributed by atoms with Crippen molar-refractivity contribution in [1.82, 2.24) is 4.57 Å². The fraction of sp³-hybridized carbons (Fsp3) is 0.444. The topological polar surface area (TPSA) is 26.2 Å². The van der Waals surface area contributed by atoms with Crippen molar-refractivity contribution < 1.29 is 17.9 Å². The van der Waals surface area contributed by atoms with Gasteiger partial charge >= 0.3 is 6.18 Å². The predicted octanol–water partition coefficient (Wildman–Crippen LogP) is 4.17. The van der Waals surface area contributed by atoms with E-state index in [-0.39, 0.29) is 6.04 Å². The maximum absolute atomic E-state index is 12.9. The Kier molecular flexibility index (Phi) is 4.72. The predicted molar refractivity (Wildman–Crippen MR) is 88.0 cm³/mol. The van der Waals surface area contributed by atoms with Crippen LogP contribution in [-0.2, 0) is 11.3 Å². The van der Waals surface area contributed by atoms with Gasteiger partial charge in [0.15, 0.2) is 0 Å². The molecule has 1 fully saturated rings. The second kappa shape index (κ2) is 6.78. The molecule has 0 saturated carbocycles. The summed E-state index contributed by atoms with van der Waals surface area (Å²) in [5, 5.41) is 4.22. The first-order valence-electron chi connectivity index (χ1n) is 7.94. The standard InChI is InChI=1S/C18H19F3N2O/c1-2-4-14-11-15-16(22-13-7-9-24-10-8-13)5-3-6-17(15)23(14)12-18(19,20)21/h3,5-6,11,13,22H,7-10,12H2,1H3. The smallest absolute Gasteiger partial charge is 0.382 e. The number of ether oxygens (including phenoxy) is 1. The van der Waals surface area contributed by atoms with Gasteiger partial charge in [-0.2, -0.15) is 13.2 Å². The van der Waals surface area contributed by atoms with E-state index in [4.69, 9.17) is 4.74 Å². The molecule has 0 radical (unpaired) electrons. The fourth-order valence-corrected chi connectivity index (χ4v) is 3.05. The SMILES string of the molecule is CC#Cc1cc2c(NC3CCOCC3)cccc2n1CC(F)(F)F. The lowest BCUT2D eigenvalue weighted by Gasteiger charge is -2.24. The summed E-state index contributed by atoms with van der Waals surface area (Å²) >= 11 is 0. The van der Waals surface area contributed by atoms with Crippen LogP contribution in [0.25, 0.3) is 10.9 Å². The molecule has 0 atom stereocenters. The molecule has 1 aromatic heterocycles. The molecule has 0 amide bonds. The van der Waals surface area contributed by atoms with Gasteiger partial charge < -0.3 is 14.6 Å². The van der Waals surface area contributed by atoms with Crippen LogP contribution in [0.1, 0.15) is 25.5 Å². The minimum Gasteiger partial charge on any atom is -0.382 e. The number of anilines is 1. The van der Waals surface area contributed by atoms with E-state index < -0.39 is 12.7 Å². The zero-order chi connectivity index (χ0) is 17.2. The van der Waals surface area contributed by atoms with E-state index >= 15 is 0 Å². The Morgan fingerprint density at radius 2 is 2.04 bits per heavy atom. The second-order valence-corrected chi connectivity index (χ2v) is 5.88. The number of nitrogens with one attached hydrogen (secondary N) is 1. The zero-order valence-electron chi connectivity index (χ0n) is 13.4. The number of aromatic nitrogens is 1. The van der Waals surface area contributed by atoms with E-state index in [1.54, 1.807) is 25.1 Å². The van der Waals surface area contributed by atoms with Gasteiger partial charge in [0.2, 0.25) is 0 Å². The van der Waals surface area contributed by atoms with E-state index in [2.05, 4.69) is 17.2 Å². The van der Waals surface area contributed by atoms with Crippen LogP contribution < -0.4 is 5.32 Å². The van der Waals surface area contributed by atoms with Crippen molar-refractivity contribution >= 4 is 16.6 Å². The average Bonchev–Trinajstić information content (AvgIpc) is 2.86. The van der Waals surface area contributed by atoms with Gasteiger partial charge in [-0.15, -0.1) is 0 Å². The summed E-state index contributed by atoms with van der Waals surface area (Å²) in [6.45, 7) is 1.99. The molecule has 24 heavy (non-hydrogen) atoms. The number of hydrogen-bond acceptors (Lipinski definition) is 2. The second-order valence-electron chi connectivity index (χ2n) is 5.88. The number of benzene rings is 1. The summed E-state index contributed by atoms with van der Waals surface area (Å²) in [5.41, 5.74) is 1.77. The highest BCUT2D eigenvalue weighted by Gasteiger charge is 2.30. The molecule has 128 valence electrons. The lowest BCUT2D eigenvalue weighted by Crippen LogP contribution is -2.27. The first-order valence-corrected chi connectivity index (χ1v) is 7.94. The van der Waals surface area contributed by atoms with E-state index in [1.807, 2.05) is 6.07 Å². The summed E-state index contributed by atoms with van der Waals surface area (Å²) in [4.78, 5) is 0. The molecule has 6 heteroatoms. The van der Waals surface area contributed by atoms with Crippen LogP contribution in [0.4, 0.5) is 18.9 Å². The maximum atomic E-state index is 12.9. The summed E-state index contributed by atoms with van der Waals surface area (Å²) < 4.78 is 45.4. The van der Waals surface area contributed by atoms with Crippen molar-refractivity contribution in [3.63, 3.8) is 0 Å². The third-order valence-corrected chi connectivity index (χ3v) is 4.12. The molecule has 3 nitrogen and oxygen atoms in total. The number of halogens is 3. The molecular formula is C18H19F3N2O. The van der Waals surface area contributed by atoms with Gasteiger partial charge in [-0.25, -0.2) is 0 Å². The summed E-state index contributed by atoms with van der Waals surface area (Å²) in [6, 6.07) is 7.39. The van der Waals surface area contributed by atoms with Crippen LogP contribution >= 0.6 is 0 Å². The van der Waals surface area contributed by atoms with Crippen molar-refractivity contribution in [3.05, 3.63) is 30.0 Å². The number of hydrogen-bond donors (Lipinski definition) is 1. The summed E-state index contributed by atoms with van der Waals surface area (Å²) in [6.07, 6.45) is -2.51. The zero-order valence-corrected chi connectivity index (χ0v) is 13.4. The average molecular weight is 336 g/mol. The van der Waals surface area contributed by atoms with Crippen LogP contribution in [-0.4, -0.2) is 30.0 Å². The quantitative estimate of drug-likeness (QED) is 0.852. The monoisotopic (exact) mass is 336 g/mol. The van der Waals surface area contributed by atoms with Gasteiger partial charge in [0.05, 0.1) is 11.2 Å². The van der Waals surface area contributed by atoms with Crippen LogP contribution in [0.5, 0.6) is 0 Å². The number of nitrogens with zero attached hydrogens (tertiary/aromatic N) is 1. The van der Waals surface area contributed by atoms with E-state index in [0.717, 1.165) is 23.9 Å². The highest BCUT2D eigenvalue weighted by molar-refractivity contribution is 5.94. The first kappa shape index (κ1) is 16.7. The van der Waals surface area contributed by atoms with E-state index in [0.29, 0.717) is 24.4 Å². The molecule has 0 bridgehead atoms. The highest BCUT2D eigenvalue weighted by Crippen LogP contribution is 2.31. The largest absolute Gasteiger partial charge is 0.406 e. The Hall–Kier alpha value is -2.13. The molecule has 0 spiro atoms. The molecule has 2 aromatic rings. The van der Waals surface area contributed by atoms with Crippen molar-refractivity contribution in [3.8, 4) is 11.8 Å². The van der Waals surface area contributed by atoms with Gasteiger partial charge in [0, 0.05) is 30.3 Å². The Morgan fingerprint density at radius 3 is 2.71 bits per heavy atom. The minimum absolute atomic E-state index is 0.274. The normalized spacial score (nSPS) is 16.0. The highest BCUT2D eigenvalue weighted by atomic mass is 19.4. The van der Waals surface area contributed by atoms with Gasteiger partial charge in [0.25, 0.3) is 0 Å². The summed E-state index contributed by atoms with van der Waals surface area (Å²) in [5.74, 6) is 5.48.